The van der Waals surface area contributed by atoms with Crippen LogP contribution in [0.1, 0.15) is 36.5 Å². The van der Waals surface area contributed by atoms with Crippen LogP contribution in [0.25, 0.3) is 33.2 Å². The molecule has 0 bridgehead atoms. The first-order valence-electron chi connectivity index (χ1n) is 10.1. The first-order chi connectivity index (χ1) is 14.2. The first-order valence-corrected chi connectivity index (χ1v) is 10.1. The molecule has 0 unspecified atom stereocenters. The largest absolute Gasteiger partial charge is 0.456 e. The Morgan fingerprint density at radius 3 is 2.31 bits per heavy atom. The minimum atomic E-state index is 0.490. The lowest BCUT2D eigenvalue weighted by Gasteiger charge is -2.06. The number of furan rings is 1. The molecule has 0 radical (unpaired) electrons. The van der Waals surface area contributed by atoms with E-state index in [1.165, 1.54) is 22.1 Å². The van der Waals surface area contributed by atoms with Crippen molar-refractivity contribution in [3.8, 4) is 11.3 Å². The number of rotatable bonds is 4. The summed E-state index contributed by atoms with van der Waals surface area (Å²) in [6, 6.07) is 27.7. The smallest absolute Gasteiger partial charge is 0.135 e. The minimum Gasteiger partial charge on any atom is -0.456 e. The molecule has 0 spiro atoms. The summed E-state index contributed by atoms with van der Waals surface area (Å²) in [4.78, 5) is 4.64. The van der Waals surface area contributed by atoms with E-state index in [1.54, 1.807) is 0 Å². The van der Waals surface area contributed by atoms with E-state index in [9.17, 15) is 0 Å². The standard InChI is InChI=1S/C27H23NO/c1-18(2)21-8-10-26-23(16-21)24-17-22(9-11-27(24)29-26)25-15-20(12-13-28-25)14-19-6-4-3-5-7-19/h3-13,15-18H,14H2,1-2H3. The van der Waals surface area contributed by atoms with Crippen molar-refractivity contribution in [1.29, 1.82) is 0 Å². The van der Waals surface area contributed by atoms with Crippen LogP contribution >= 0.6 is 0 Å². The second kappa shape index (κ2) is 7.21. The molecule has 0 aliphatic carbocycles. The molecule has 0 amide bonds. The summed E-state index contributed by atoms with van der Waals surface area (Å²) in [7, 11) is 0. The summed E-state index contributed by atoms with van der Waals surface area (Å²) < 4.78 is 6.06. The van der Waals surface area contributed by atoms with Crippen LogP contribution in [-0.4, -0.2) is 4.98 Å². The summed E-state index contributed by atoms with van der Waals surface area (Å²) >= 11 is 0. The van der Waals surface area contributed by atoms with E-state index in [4.69, 9.17) is 4.42 Å². The van der Waals surface area contributed by atoms with Gasteiger partial charge in [0.25, 0.3) is 0 Å². The molecule has 0 aliphatic rings. The predicted molar refractivity (Wildman–Crippen MR) is 120 cm³/mol. The first kappa shape index (κ1) is 17.7. The highest BCUT2D eigenvalue weighted by atomic mass is 16.3. The van der Waals surface area contributed by atoms with Crippen molar-refractivity contribution < 1.29 is 4.42 Å². The molecule has 2 aromatic heterocycles. The van der Waals surface area contributed by atoms with Crippen LogP contribution in [0.5, 0.6) is 0 Å². The Bertz CT molecular complexity index is 1300. The second-order valence-electron chi connectivity index (χ2n) is 7.94. The van der Waals surface area contributed by atoms with Gasteiger partial charge in [-0.1, -0.05) is 50.2 Å². The lowest BCUT2D eigenvalue weighted by atomic mass is 9.99. The van der Waals surface area contributed by atoms with Crippen LogP contribution in [-0.2, 0) is 6.42 Å². The fourth-order valence-electron chi connectivity index (χ4n) is 3.89. The van der Waals surface area contributed by atoms with Crippen molar-refractivity contribution in [1.82, 2.24) is 4.98 Å². The monoisotopic (exact) mass is 377 g/mol. The fraction of sp³-hybridized carbons (Fsp3) is 0.148. The molecule has 2 nitrogen and oxygen atoms in total. The lowest BCUT2D eigenvalue weighted by molar-refractivity contribution is 0.668. The maximum Gasteiger partial charge on any atom is 0.135 e. The average Bonchev–Trinajstić information content (AvgIpc) is 3.12. The molecule has 29 heavy (non-hydrogen) atoms. The summed E-state index contributed by atoms with van der Waals surface area (Å²) in [5.41, 5.74) is 7.87. The lowest BCUT2D eigenvalue weighted by Crippen LogP contribution is -1.91. The van der Waals surface area contributed by atoms with E-state index in [1.807, 2.05) is 6.20 Å². The van der Waals surface area contributed by atoms with Gasteiger partial charge in [0.05, 0.1) is 5.69 Å². The molecule has 2 heterocycles. The SMILES string of the molecule is CC(C)c1ccc2oc3ccc(-c4cc(Cc5ccccc5)ccn4)cc3c2c1. The maximum atomic E-state index is 6.06. The number of fused-ring (bicyclic) bond motifs is 3. The van der Waals surface area contributed by atoms with Crippen LogP contribution in [0.2, 0.25) is 0 Å². The Morgan fingerprint density at radius 1 is 0.759 bits per heavy atom. The third kappa shape index (κ3) is 3.42. The highest BCUT2D eigenvalue weighted by molar-refractivity contribution is 6.06. The predicted octanol–water partition coefficient (Wildman–Crippen LogP) is 7.36. The Kier molecular flexibility index (Phi) is 4.40. The van der Waals surface area contributed by atoms with E-state index >= 15 is 0 Å². The number of nitrogens with zero attached hydrogens (tertiary/aromatic N) is 1. The molecule has 0 N–H and O–H groups in total. The van der Waals surface area contributed by atoms with Crippen molar-refractivity contribution in [2.45, 2.75) is 26.2 Å². The summed E-state index contributed by atoms with van der Waals surface area (Å²) in [6.45, 7) is 4.44. The molecule has 3 aromatic carbocycles. The molecule has 2 heteroatoms. The van der Waals surface area contributed by atoms with Crippen LogP contribution in [0.15, 0.2) is 89.5 Å². The molecule has 0 atom stereocenters. The molecular formula is C27H23NO. The third-order valence-corrected chi connectivity index (χ3v) is 5.53. The van der Waals surface area contributed by atoms with Gasteiger partial charge >= 0.3 is 0 Å². The van der Waals surface area contributed by atoms with Gasteiger partial charge in [-0.2, -0.15) is 0 Å². The summed E-state index contributed by atoms with van der Waals surface area (Å²) in [5.74, 6) is 0.490. The topological polar surface area (TPSA) is 26.0 Å². The van der Waals surface area contributed by atoms with Gasteiger partial charge < -0.3 is 4.42 Å². The van der Waals surface area contributed by atoms with E-state index in [2.05, 4.69) is 97.7 Å². The zero-order chi connectivity index (χ0) is 19.8. The van der Waals surface area contributed by atoms with E-state index in [0.29, 0.717) is 5.92 Å². The van der Waals surface area contributed by atoms with E-state index < -0.39 is 0 Å². The summed E-state index contributed by atoms with van der Waals surface area (Å²) in [5, 5.41) is 2.32. The number of benzene rings is 3. The normalized spacial score (nSPS) is 11.6. The van der Waals surface area contributed by atoms with Gasteiger partial charge in [-0.05, 0) is 71.5 Å². The van der Waals surface area contributed by atoms with Gasteiger partial charge in [0.2, 0.25) is 0 Å². The van der Waals surface area contributed by atoms with Crippen LogP contribution < -0.4 is 0 Å². The van der Waals surface area contributed by atoms with Gasteiger partial charge in [0.1, 0.15) is 11.2 Å². The van der Waals surface area contributed by atoms with Crippen LogP contribution in [0, 0.1) is 0 Å². The zero-order valence-electron chi connectivity index (χ0n) is 16.7. The molecule has 5 rings (SSSR count). The molecule has 0 saturated carbocycles. The van der Waals surface area contributed by atoms with Crippen LogP contribution in [0.3, 0.4) is 0 Å². The maximum absolute atomic E-state index is 6.06. The molecule has 0 saturated heterocycles. The summed E-state index contributed by atoms with van der Waals surface area (Å²) in [6.07, 6.45) is 2.81. The number of hydrogen-bond acceptors (Lipinski definition) is 2. The highest BCUT2D eigenvalue weighted by Gasteiger charge is 2.11. The quantitative estimate of drug-likeness (QED) is 0.327. The van der Waals surface area contributed by atoms with E-state index in [0.717, 1.165) is 34.2 Å². The molecular weight excluding hydrogens is 354 g/mol. The van der Waals surface area contributed by atoms with Crippen LogP contribution in [0.4, 0.5) is 0 Å². The Morgan fingerprint density at radius 2 is 1.52 bits per heavy atom. The molecule has 0 fully saturated rings. The Hall–Kier alpha value is -3.39. The van der Waals surface area contributed by atoms with Crippen molar-refractivity contribution in [2.75, 3.05) is 0 Å². The fourth-order valence-corrected chi connectivity index (χ4v) is 3.89. The Labute approximate surface area is 170 Å². The van der Waals surface area contributed by atoms with Gasteiger partial charge in [0.15, 0.2) is 0 Å². The van der Waals surface area contributed by atoms with Gasteiger partial charge in [-0.25, -0.2) is 0 Å². The van der Waals surface area contributed by atoms with Gasteiger partial charge in [-0.15, -0.1) is 0 Å². The minimum absolute atomic E-state index is 0.490. The number of pyridine rings is 1. The zero-order valence-corrected chi connectivity index (χ0v) is 16.7. The third-order valence-electron chi connectivity index (χ3n) is 5.53. The van der Waals surface area contributed by atoms with Crippen molar-refractivity contribution in [3.05, 3.63) is 102 Å². The number of hydrogen-bond donors (Lipinski definition) is 0. The van der Waals surface area contributed by atoms with E-state index in [-0.39, 0.29) is 0 Å². The van der Waals surface area contributed by atoms with Crippen molar-refractivity contribution in [3.63, 3.8) is 0 Å². The molecule has 5 aromatic rings. The van der Waals surface area contributed by atoms with Gasteiger partial charge in [0, 0.05) is 22.5 Å². The second-order valence-corrected chi connectivity index (χ2v) is 7.94. The molecule has 142 valence electrons. The highest BCUT2D eigenvalue weighted by Crippen LogP contribution is 2.34. The van der Waals surface area contributed by atoms with Gasteiger partial charge in [-0.3, -0.25) is 4.98 Å². The molecule has 0 aliphatic heterocycles. The average molecular weight is 377 g/mol. The van der Waals surface area contributed by atoms with Crippen molar-refractivity contribution >= 4 is 21.9 Å². The van der Waals surface area contributed by atoms with Crippen molar-refractivity contribution in [2.24, 2.45) is 0 Å². The Balaban J connectivity index is 1.57. The number of aromatic nitrogens is 1.